The molecule has 4 heteroatoms. The number of carbonyl (C=O) groups is 1. The van der Waals surface area contributed by atoms with Crippen LogP contribution in [0.2, 0.25) is 0 Å². The number of carbonyl (C=O) groups excluding carboxylic acids is 1. The number of nitrogens with one attached hydrogen (secondary N) is 1. The molecule has 0 heterocycles. The van der Waals surface area contributed by atoms with Gasteiger partial charge in [0.25, 0.3) is 0 Å². The maximum absolute atomic E-state index is 12.5. The number of rotatable bonds is 6. The van der Waals surface area contributed by atoms with Crippen molar-refractivity contribution < 1.29 is 4.79 Å². The Kier molecular flexibility index (Phi) is 6.22. The average Bonchev–Trinajstić information content (AvgIpc) is 2.70. The van der Waals surface area contributed by atoms with E-state index in [0.29, 0.717) is 0 Å². The van der Waals surface area contributed by atoms with Crippen LogP contribution in [0, 0.1) is 13.8 Å². The minimum atomic E-state index is -0.0782. The minimum absolute atomic E-state index is 0.0782. The number of anilines is 3. The van der Waals surface area contributed by atoms with Gasteiger partial charge >= 0.3 is 0 Å². The molecule has 28 heavy (non-hydrogen) atoms. The summed E-state index contributed by atoms with van der Waals surface area (Å²) in [5.74, 6) is -0.0782. The summed E-state index contributed by atoms with van der Waals surface area (Å²) in [4.78, 5) is 12.5. The monoisotopic (exact) mass is 371 g/mol. The van der Waals surface area contributed by atoms with Crippen molar-refractivity contribution in [2.75, 3.05) is 10.3 Å². The summed E-state index contributed by atoms with van der Waals surface area (Å²) in [6.45, 7) is 5.97. The van der Waals surface area contributed by atoms with Crippen LogP contribution in [0.25, 0.3) is 0 Å². The Morgan fingerprint density at radius 1 is 0.857 bits per heavy atom. The molecule has 1 N–H and O–H groups in total. The van der Waals surface area contributed by atoms with Crippen LogP contribution in [0.15, 0.2) is 84.0 Å². The van der Waals surface area contributed by atoms with Crippen molar-refractivity contribution in [3.05, 3.63) is 90.0 Å². The van der Waals surface area contributed by atoms with Gasteiger partial charge in [-0.25, -0.2) is 5.01 Å². The highest BCUT2D eigenvalue weighted by atomic mass is 16.1. The van der Waals surface area contributed by atoms with Gasteiger partial charge in [0.05, 0.1) is 17.8 Å². The first-order valence-electron chi connectivity index (χ1n) is 9.34. The highest BCUT2D eigenvalue weighted by Crippen LogP contribution is 2.25. The first kappa shape index (κ1) is 19.4. The fourth-order valence-electron chi connectivity index (χ4n) is 2.87. The molecule has 4 nitrogen and oxygen atoms in total. The van der Waals surface area contributed by atoms with Crippen molar-refractivity contribution >= 4 is 28.7 Å². The van der Waals surface area contributed by atoms with Gasteiger partial charge in [-0.1, -0.05) is 42.5 Å². The van der Waals surface area contributed by atoms with E-state index in [-0.39, 0.29) is 12.3 Å². The van der Waals surface area contributed by atoms with E-state index in [1.165, 1.54) is 5.56 Å². The van der Waals surface area contributed by atoms with Crippen molar-refractivity contribution in [1.82, 2.24) is 0 Å². The molecule has 0 aliphatic heterocycles. The molecule has 0 aliphatic rings. The smallest absolute Gasteiger partial charge is 0.230 e. The highest BCUT2D eigenvalue weighted by Gasteiger charge is 2.11. The third-order valence-corrected chi connectivity index (χ3v) is 4.48. The molecule has 0 fully saturated rings. The molecular formula is C24H25N3O. The summed E-state index contributed by atoms with van der Waals surface area (Å²) in [5.41, 5.74) is 5.79. The molecule has 3 rings (SSSR count). The summed E-state index contributed by atoms with van der Waals surface area (Å²) < 4.78 is 0. The Balaban J connectivity index is 1.76. The summed E-state index contributed by atoms with van der Waals surface area (Å²) in [5, 5.41) is 9.53. The second-order valence-electron chi connectivity index (χ2n) is 6.84. The molecule has 0 bridgehead atoms. The lowest BCUT2D eigenvalue weighted by Crippen LogP contribution is -2.18. The number of aryl methyl sites for hydroxylation is 2. The van der Waals surface area contributed by atoms with Crippen LogP contribution in [0.4, 0.5) is 17.1 Å². The van der Waals surface area contributed by atoms with E-state index in [1.54, 1.807) is 0 Å². The summed E-state index contributed by atoms with van der Waals surface area (Å²) >= 11 is 0. The Labute approximate surface area is 166 Å². The summed E-state index contributed by atoms with van der Waals surface area (Å²) in [7, 11) is 0. The summed E-state index contributed by atoms with van der Waals surface area (Å²) in [6, 6.07) is 25.8. The van der Waals surface area contributed by atoms with Crippen LogP contribution < -0.4 is 10.3 Å². The standard InChI is InChI=1S/C24H25N3O/c1-18-14-15-21(16-19(18)2)25-24(28)17-20(3)26-27(22-10-6-4-7-11-22)23-12-8-5-9-13-23/h4-16H,17H2,1-3H3,(H,25,28)/b26-20+. The third kappa shape index (κ3) is 5.07. The fraction of sp³-hybridized carbons (Fsp3) is 0.167. The number of para-hydroxylation sites is 2. The van der Waals surface area contributed by atoms with Crippen molar-refractivity contribution in [1.29, 1.82) is 0 Å². The molecule has 0 saturated carbocycles. The molecule has 0 radical (unpaired) electrons. The van der Waals surface area contributed by atoms with Gasteiger partial charge in [0.2, 0.25) is 5.91 Å². The van der Waals surface area contributed by atoms with Crippen molar-refractivity contribution in [3.8, 4) is 0 Å². The van der Waals surface area contributed by atoms with E-state index >= 15 is 0 Å². The van der Waals surface area contributed by atoms with Crippen molar-refractivity contribution in [2.45, 2.75) is 27.2 Å². The predicted octanol–water partition coefficient (Wildman–Crippen LogP) is 5.85. The van der Waals surface area contributed by atoms with E-state index in [4.69, 9.17) is 5.10 Å². The molecule has 0 aromatic heterocycles. The third-order valence-electron chi connectivity index (χ3n) is 4.48. The predicted molar refractivity (Wildman–Crippen MR) is 117 cm³/mol. The molecule has 142 valence electrons. The second kappa shape index (κ2) is 9.00. The van der Waals surface area contributed by atoms with E-state index in [0.717, 1.165) is 28.3 Å². The van der Waals surface area contributed by atoms with Crippen LogP contribution in [-0.4, -0.2) is 11.6 Å². The second-order valence-corrected chi connectivity index (χ2v) is 6.84. The highest BCUT2D eigenvalue weighted by molar-refractivity contribution is 6.06. The SMILES string of the molecule is C/C(CC(=O)Nc1ccc(C)c(C)c1)=N\N(c1ccccc1)c1ccccc1. The normalized spacial score (nSPS) is 11.2. The van der Waals surface area contributed by atoms with Gasteiger partial charge in [-0.3, -0.25) is 4.79 Å². The molecule has 3 aromatic rings. The van der Waals surface area contributed by atoms with Crippen LogP contribution in [0.3, 0.4) is 0 Å². The number of hydrogen-bond acceptors (Lipinski definition) is 3. The van der Waals surface area contributed by atoms with Gasteiger partial charge < -0.3 is 5.32 Å². The lowest BCUT2D eigenvalue weighted by Gasteiger charge is -2.20. The quantitative estimate of drug-likeness (QED) is 0.436. The Hall–Kier alpha value is -3.40. The van der Waals surface area contributed by atoms with Crippen LogP contribution in [-0.2, 0) is 4.79 Å². The molecule has 0 atom stereocenters. The Bertz CT molecular complexity index is 926. The zero-order valence-corrected chi connectivity index (χ0v) is 16.5. The van der Waals surface area contributed by atoms with Gasteiger partial charge in [0, 0.05) is 11.4 Å². The van der Waals surface area contributed by atoms with Gasteiger partial charge in [0.1, 0.15) is 0 Å². The van der Waals surface area contributed by atoms with Gasteiger partial charge in [-0.05, 0) is 68.3 Å². The molecular weight excluding hydrogens is 346 g/mol. The van der Waals surface area contributed by atoms with Gasteiger partial charge in [-0.2, -0.15) is 5.10 Å². The Morgan fingerprint density at radius 3 is 1.96 bits per heavy atom. The topological polar surface area (TPSA) is 44.7 Å². The molecule has 0 saturated heterocycles. The maximum Gasteiger partial charge on any atom is 0.230 e. The lowest BCUT2D eigenvalue weighted by molar-refractivity contribution is -0.115. The largest absolute Gasteiger partial charge is 0.326 e. The van der Waals surface area contributed by atoms with Crippen molar-refractivity contribution in [3.63, 3.8) is 0 Å². The zero-order valence-electron chi connectivity index (χ0n) is 16.5. The van der Waals surface area contributed by atoms with Gasteiger partial charge in [0.15, 0.2) is 0 Å². The number of benzene rings is 3. The van der Waals surface area contributed by atoms with E-state index in [2.05, 4.69) is 12.2 Å². The summed E-state index contributed by atoms with van der Waals surface area (Å²) in [6.07, 6.45) is 0.225. The molecule has 0 aliphatic carbocycles. The molecule has 0 unspecified atom stereocenters. The fourth-order valence-corrected chi connectivity index (χ4v) is 2.87. The first-order chi connectivity index (χ1) is 13.5. The van der Waals surface area contributed by atoms with Crippen molar-refractivity contribution in [2.24, 2.45) is 5.10 Å². The van der Waals surface area contributed by atoms with E-state index in [1.807, 2.05) is 97.7 Å². The minimum Gasteiger partial charge on any atom is -0.326 e. The average molecular weight is 371 g/mol. The number of hydrogen-bond donors (Lipinski definition) is 1. The van der Waals surface area contributed by atoms with Gasteiger partial charge in [-0.15, -0.1) is 0 Å². The molecule has 1 amide bonds. The zero-order chi connectivity index (χ0) is 19.9. The van der Waals surface area contributed by atoms with Crippen LogP contribution in [0.5, 0.6) is 0 Å². The van der Waals surface area contributed by atoms with Crippen LogP contribution >= 0.6 is 0 Å². The Morgan fingerprint density at radius 2 is 1.43 bits per heavy atom. The lowest BCUT2D eigenvalue weighted by atomic mass is 10.1. The van der Waals surface area contributed by atoms with Crippen LogP contribution in [0.1, 0.15) is 24.5 Å². The number of hydrazone groups is 1. The maximum atomic E-state index is 12.5. The number of amides is 1. The molecule has 3 aromatic carbocycles. The first-order valence-corrected chi connectivity index (χ1v) is 9.34. The molecule has 0 spiro atoms. The number of nitrogens with zero attached hydrogens (tertiary/aromatic N) is 2. The van der Waals surface area contributed by atoms with E-state index < -0.39 is 0 Å². The van der Waals surface area contributed by atoms with E-state index in [9.17, 15) is 4.79 Å².